The molecule has 0 aromatic carbocycles. The Labute approximate surface area is 134 Å². The first kappa shape index (κ1) is 14.2. The third-order valence-corrected chi connectivity index (χ3v) is 4.48. The first-order chi connectivity index (χ1) is 11.1. The molecule has 1 aliphatic heterocycles. The van der Waals surface area contributed by atoms with Crippen LogP contribution in [0.25, 0.3) is 11.0 Å². The molecule has 3 aromatic rings. The molecule has 1 saturated heterocycles. The molecule has 1 fully saturated rings. The number of pyridine rings is 1. The zero-order valence-corrected chi connectivity index (χ0v) is 13.5. The van der Waals surface area contributed by atoms with E-state index in [0.29, 0.717) is 0 Å². The molecule has 0 radical (unpaired) electrons. The van der Waals surface area contributed by atoms with Crippen LogP contribution in [-0.2, 0) is 18.8 Å². The zero-order chi connectivity index (χ0) is 16.0. The molecule has 7 heteroatoms. The van der Waals surface area contributed by atoms with Gasteiger partial charge in [-0.15, -0.1) is 0 Å². The second-order valence-corrected chi connectivity index (χ2v) is 5.98. The third-order valence-electron chi connectivity index (χ3n) is 4.48. The van der Waals surface area contributed by atoms with Gasteiger partial charge in [-0.05, 0) is 25.5 Å². The largest absolute Gasteiger partial charge is 0.378 e. The van der Waals surface area contributed by atoms with Gasteiger partial charge in [0.2, 0.25) is 0 Å². The predicted molar refractivity (Wildman–Crippen MR) is 87.2 cm³/mol. The van der Waals surface area contributed by atoms with E-state index < -0.39 is 0 Å². The average Bonchev–Trinajstić information content (AvgIpc) is 3.21. The lowest BCUT2D eigenvalue weighted by atomic mass is 10.1. The van der Waals surface area contributed by atoms with E-state index in [1.54, 1.807) is 0 Å². The first-order valence-corrected chi connectivity index (χ1v) is 7.79. The van der Waals surface area contributed by atoms with Crippen LogP contribution in [0.3, 0.4) is 0 Å². The second kappa shape index (κ2) is 5.34. The summed E-state index contributed by atoms with van der Waals surface area (Å²) in [5.41, 5.74) is 4.02. The summed E-state index contributed by atoms with van der Waals surface area (Å²) < 4.78 is 9.65. The molecule has 1 aliphatic rings. The minimum atomic E-state index is 0.00249. The van der Waals surface area contributed by atoms with Gasteiger partial charge in [0.05, 0.1) is 22.8 Å². The Kier molecular flexibility index (Phi) is 3.30. The molecule has 7 nitrogen and oxygen atoms in total. The van der Waals surface area contributed by atoms with E-state index in [0.717, 1.165) is 41.1 Å². The van der Waals surface area contributed by atoms with Crippen molar-refractivity contribution in [3.63, 3.8) is 0 Å². The van der Waals surface area contributed by atoms with Crippen molar-refractivity contribution >= 4 is 16.7 Å². The number of anilines is 1. The van der Waals surface area contributed by atoms with Crippen molar-refractivity contribution in [2.75, 3.05) is 11.9 Å². The normalized spacial score (nSPS) is 21.2. The van der Waals surface area contributed by atoms with Crippen LogP contribution < -0.4 is 5.32 Å². The number of rotatable bonds is 3. The third kappa shape index (κ3) is 2.28. The quantitative estimate of drug-likeness (QED) is 0.800. The maximum atomic E-state index is 5.95. The van der Waals surface area contributed by atoms with E-state index in [9.17, 15) is 0 Å². The Morgan fingerprint density at radius 1 is 1.22 bits per heavy atom. The molecule has 23 heavy (non-hydrogen) atoms. The number of aromatic nitrogens is 5. The van der Waals surface area contributed by atoms with Crippen molar-refractivity contribution in [3.05, 3.63) is 35.9 Å². The van der Waals surface area contributed by atoms with Crippen LogP contribution in [0.1, 0.15) is 23.9 Å². The molecule has 2 atom stereocenters. The van der Waals surface area contributed by atoms with Crippen LogP contribution in [-0.4, -0.2) is 37.2 Å². The summed E-state index contributed by atoms with van der Waals surface area (Å²) in [7, 11) is 3.87. The summed E-state index contributed by atoms with van der Waals surface area (Å²) in [5, 5.41) is 13.5. The molecule has 4 rings (SSSR count). The molecule has 0 amide bonds. The smallest absolute Gasteiger partial charge is 0.159 e. The van der Waals surface area contributed by atoms with E-state index in [1.165, 1.54) is 0 Å². The summed E-state index contributed by atoms with van der Waals surface area (Å²) in [5.74, 6) is 0. The van der Waals surface area contributed by atoms with Crippen molar-refractivity contribution in [1.82, 2.24) is 24.5 Å². The van der Waals surface area contributed by atoms with Crippen LogP contribution in [0.2, 0.25) is 0 Å². The molecule has 0 spiro atoms. The maximum Gasteiger partial charge on any atom is 0.159 e. The summed E-state index contributed by atoms with van der Waals surface area (Å²) in [6.07, 6.45) is 4.59. The Morgan fingerprint density at radius 2 is 2.09 bits per heavy atom. The Morgan fingerprint density at radius 3 is 2.87 bits per heavy atom. The standard InChI is InChI=1S/C16H20N6O/c1-10-14-11(4-7-17-16(14)22(3)20-10)19-12-6-9-23-15(12)13-5-8-18-21(13)2/h4-5,7-8,12,15H,6,9H2,1-3H3,(H,17,19)/t12-,15-/m0/s1. The summed E-state index contributed by atoms with van der Waals surface area (Å²) >= 11 is 0. The minimum Gasteiger partial charge on any atom is -0.378 e. The number of hydrogen-bond donors (Lipinski definition) is 1. The topological polar surface area (TPSA) is 69.8 Å². The molecular formula is C16H20N6O. The van der Waals surface area contributed by atoms with Gasteiger partial charge < -0.3 is 10.1 Å². The Hall–Kier alpha value is -2.41. The number of nitrogens with zero attached hydrogens (tertiary/aromatic N) is 5. The van der Waals surface area contributed by atoms with E-state index in [4.69, 9.17) is 4.74 Å². The van der Waals surface area contributed by atoms with Gasteiger partial charge in [0, 0.05) is 38.8 Å². The highest BCUT2D eigenvalue weighted by Crippen LogP contribution is 2.33. The Bertz CT molecular complexity index is 851. The van der Waals surface area contributed by atoms with Crippen LogP contribution in [0, 0.1) is 6.92 Å². The van der Waals surface area contributed by atoms with E-state index in [-0.39, 0.29) is 12.1 Å². The number of fused-ring (bicyclic) bond motifs is 1. The molecule has 4 heterocycles. The van der Waals surface area contributed by atoms with Crippen LogP contribution in [0.4, 0.5) is 5.69 Å². The molecule has 1 N–H and O–H groups in total. The van der Waals surface area contributed by atoms with Crippen LogP contribution >= 0.6 is 0 Å². The van der Waals surface area contributed by atoms with Gasteiger partial charge in [-0.25, -0.2) is 4.98 Å². The van der Waals surface area contributed by atoms with Crippen LogP contribution in [0.15, 0.2) is 24.5 Å². The number of aryl methyl sites for hydroxylation is 3. The molecule has 0 bridgehead atoms. The van der Waals surface area contributed by atoms with E-state index in [2.05, 4.69) is 20.5 Å². The van der Waals surface area contributed by atoms with Crippen molar-refractivity contribution in [1.29, 1.82) is 0 Å². The number of nitrogens with one attached hydrogen (secondary N) is 1. The average molecular weight is 312 g/mol. The van der Waals surface area contributed by atoms with Gasteiger partial charge in [0.1, 0.15) is 6.10 Å². The van der Waals surface area contributed by atoms with Crippen LogP contribution in [0.5, 0.6) is 0 Å². The maximum absolute atomic E-state index is 5.95. The second-order valence-electron chi connectivity index (χ2n) is 5.98. The first-order valence-electron chi connectivity index (χ1n) is 7.79. The van der Waals surface area contributed by atoms with E-state index in [1.807, 2.05) is 54.9 Å². The SMILES string of the molecule is Cc1nn(C)c2nccc(N[C@H]3CCO[C@@H]3c3ccnn3C)c12. The molecule has 0 unspecified atom stereocenters. The number of hydrogen-bond acceptors (Lipinski definition) is 5. The minimum absolute atomic E-state index is 0.00249. The highest BCUT2D eigenvalue weighted by molar-refractivity contribution is 5.91. The van der Waals surface area contributed by atoms with Crippen molar-refractivity contribution in [2.45, 2.75) is 25.5 Å². The molecule has 120 valence electrons. The lowest BCUT2D eigenvalue weighted by Crippen LogP contribution is -2.25. The zero-order valence-electron chi connectivity index (χ0n) is 13.5. The lowest BCUT2D eigenvalue weighted by molar-refractivity contribution is 0.101. The lowest BCUT2D eigenvalue weighted by Gasteiger charge is -2.21. The molecular weight excluding hydrogens is 292 g/mol. The monoisotopic (exact) mass is 312 g/mol. The van der Waals surface area contributed by atoms with Gasteiger partial charge in [0.15, 0.2) is 5.65 Å². The van der Waals surface area contributed by atoms with Gasteiger partial charge >= 0.3 is 0 Å². The van der Waals surface area contributed by atoms with Gasteiger partial charge in [-0.3, -0.25) is 9.36 Å². The predicted octanol–water partition coefficient (Wildman–Crippen LogP) is 1.95. The van der Waals surface area contributed by atoms with E-state index >= 15 is 0 Å². The fourth-order valence-electron chi connectivity index (χ4n) is 3.39. The molecule has 0 saturated carbocycles. The van der Waals surface area contributed by atoms with Crippen molar-refractivity contribution in [2.24, 2.45) is 14.1 Å². The van der Waals surface area contributed by atoms with Gasteiger partial charge in [0.25, 0.3) is 0 Å². The highest BCUT2D eigenvalue weighted by atomic mass is 16.5. The molecule has 3 aromatic heterocycles. The Balaban J connectivity index is 1.69. The molecule has 0 aliphatic carbocycles. The summed E-state index contributed by atoms with van der Waals surface area (Å²) in [4.78, 5) is 4.43. The summed E-state index contributed by atoms with van der Waals surface area (Å²) in [6.45, 7) is 2.76. The van der Waals surface area contributed by atoms with Gasteiger partial charge in [-0.2, -0.15) is 10.2 Å². The van der Waals surface area contributed by atoms with Gasteiger partial charge in [-0.1, -0.05) is 0 Å². The highest BCUT2D eigenvalue weighted by Gasteiger charge is 2.32. The van der Waals surface area contributed by atoms with Crippen molar-refractivity contribution < 1.29 is 4.74 Å². The summed E-state index contributed by atoms with van der Waals surface area (Å²) in [6, 6.07) is 4.23. The fraction of sp³-hybridized carbons (Fsp3) is 0.438. The van der Waals surface area contributed by atoms with Crippen molar-refractivity contribution in [3.8, 4) is 0 Å². The fourth-order valence-corrected chi connectivity index (χ4v) is 3.39. The number of ether oxygens (including phenoxy) is 1.